The SMILES string of the molecule is CCC=O.CNc1c(Cl)cccc1COC(=O)CCl. The average Bonchev–Trinajstić information content (AvgIpc) is 2.44. The van der Waals surface area contributed by atoms with Crippen LogP contribution in [0.2, 0.25) is 5.02 Å². The van der Waals surface area contributed by atoms with Gasteiger partial charge in [-0.2, -0.15) is 0 Å². The first-order valence-corrected chi connectivity index (χ1v) is 6.62. The molecule has 106 valence electrons. The smallest absolute Gasteiger partial charge is 0.321 e. The molecule has 1 aromatic carbocycles. The number of aldehydes is 1. The van der Waals surface area contributed by atoms with Crippen LogP contribution >= 0.6 is 23.2 Å². The molecule has 0 heterocycles. The Balaban J connectivity index is 0.000000711. The third-order valence-corrected chi connectivity index (χ3v) is 2.55. The van der Waals surface area contributed by atoms with Crippen LogP contribution in [-0.4, -0.2) is 25.2 Å². The van der Waals surface area contributed by atoms with Crippen molar-refractivity contribution in [2.24, 2.45) is 0 Å². The van der Waals surface area contributed by atoms with Crippen LogP contribution in [-0.2, 0) is 20.9 Å². The number of benzene rings is 1. The Morgan fingerprint density at radius 1 is 1.47 bits per heavy atom. The minimum Gasteiger partial charge on any atom is -0.460 e. The van der Waals surface area contributed by atoms with E-state index in [1.807, 2.05) is 13.0 Å². The molecule has 0 aliphatic rings. The lowest BCUT2D eigenvalue weighted by molar-refractivity contribution is -0.141. The molecule has 4 nitrogen and oxygen atoms in total. The summed E-state index contributed by atoms with van der Waals surface area (Å²) in [6.07, 6.45) is 1.51. The molecule has 0 fully saturated rings. The van der Waals surface area contributed by atoms with Gasteiger partial charge in [-0.3, -0.25) is 4.79 Å². The quantitative estimate of drug-likeness (QED) is 0.515. The van der Waals surface area contributed by atoms with Crippen LogP contribution in [0.4, 0.5) is 5.69 Å². The summed E-state index contributed by atoms with van der Waals surface area (Å²) in [6.45, 7) is 1.98. The van der Waals surface area contributed by atoms with Gasteiger partial charge >= 0.3 is 5.97 Å². The summed E-state index contributed by atoms with van der Waals surface area (Å²) in [6, 6.07) is 5.40. The van der Waals surface area contributed by atoms with Crippen molar-refractivity contribution in [1.29, 1.82) is 0 Å². The fourth-order valence-electron chi connectivity index (χ4n) is 1.17. The van der Waals surface area contributed by atoms with Gasteiger partial charge < -0.3 is 14.8 Å². The second-order valence-electron chi connectivity index (χ2n) is 3.39. The van der Waals surface area contributed by atoms with Crippen molar-refractivity contribution >= 4 is 41.1 Å². The Kier molecular flexibility index (Phi) is 9.94. The highest BCUT2D eigenvalue weighted by atomic mass is 35.5. The van der Waals surface area contributed by atoms with Gasteiger partial charge in [0.25, 0.3) is 0 Å². The molecule has 1 rings (SSSR count). The molecule has 1 N–H and O–H groups in total. The first-order valence-electron chi connectivity index (χ1n) is 5.71. The van der Waals surface area contributed by atoms with Crippen molar-refractivity contribution in [3.63, 3.8) is 0 Å². The van der Waals surface area contributed by atoms with E-state index in [1.165, 1.54) is 0 Å². The van der Waals surface area contributed by atoms with Crippen molar-refractivity contribution in [1.82, 2.24) is 0 Å². The summed E-state index contributed by atoms with van der Waals surface area (Å²) < 4.78 is 4.91. The normalized spacial score (nSPS) is 9.05. The van der Waals surface area contributed by atoms with Crippen molar-refractivity contribution in [2.45, 2.75) is 20.0 Å². The minimum atomic E-state index is -0.446. The molecule has 0 aromatic heterocycles. The zero-order valence-electron chi connectivity index (χ0n) is 10.9. The summed E-state index contributed by atoms with van der Waals surface area (Å²) in [4.78, 5) is 20.0. The van der Waals surface area contributed by atoms with Crippen LogP contribution in [0.1, 0.15) is 18.9 Å². The maximum atomic E-state index is 10.9. The average molecular weight is 306 g/mol. The summed E-state index contributed by atoms with van der Waals surface area (Å²) in [5.74, 6) is -0.589. The van der Waals surface area contributed by atoms with E-state index in [4.69, 9.17) is 27.9 Å². The Labute approximate surface area is 123 Å². The van der Waals surface area contributed by atoms with Crippen molar-refractivity contribution in [2.75, 3.05) is 18.2 Å². The summed E-state index contributed by atoms with van der Waals surface area (Å²) in [7, 11) is 1.76. The molecule has 19 heavy (non-hydrogen) atoms. The van der Waals surface area contributed by atoms with E-state index in [2.05, 4.69) is 5.32 Å². The number of anilines is 1. The second-order valence-corrected chi connectivity index (χ2v) is 4.07. The van der Waals surface area contributed by atoms with E-state index in [1.54, 1.807) is 19.2 Å². The highest BCUT2D eigenvalue weighted by Gasteiger charge is 2.07. The molecule has 0 amide bonds. The zero-order chi connectivity index (χ0) is 14.7. The fraction of sp³-hybridized carbons (Fsp3) is 0.385. The van der Waals surface area contributed by atoms with E-state index >= 15 is 0 Å². The summed E-state index contributed by atoms with van der Waals surface area (Å²) in [5, 5.41) is 3.54. The van der Waals surface area contributed by atoms with Gasteiger partial charge in [0.15, 0.2) is 0 Å². The molecule has 0 atom stereocenters. The number of esters is 1. The number of hydrogen-bond acceptors (Lipinski definition) is 4. The number of ether oxygens (including phenoxy) is 1. The van der Waals surface area contributed by atoms with Crippen molar-refractivity contribution in [3.8, 4) is 0 Å². The number of para-hydroxylation sites is 1. The van der Waals surface area contributed by atoms with E-state index in [0.717, 1.165) is 17.5 Å². The van der Waals surface area contributed by atoms with Gasteiger partial charge in [0, 0.05) is 19.0 Å². The molecular weight excluding hydrogens is 289 g/mol. The number of halogens is 2. The largest absolute Gasteiger partial charge is 0.460 e. The van der Waals surface area contributed by atoms with Crippen LogP contribution in [0, 0.1) is 0 Å². The maximum absolute atomic E-state index is 10.9. The van der Waals surface area contributed by atoms with Gasteiger partial charge in [-0.05, 0) is 6.07 Å². The number of nitrogens with one attached hydrogen (secondary N) is 1. The first kappa shape index (κ1) is 17.7. The maximum Gasteiger partial charge on any atom is 0.321 e. The number of hydrogen-bond donors (Lipinski definition) is 1. The van der Waals surface area contributed by atoms with Gasteiger partial charge in [0.1, 0.15) is 18.8 Å². The summed E-state index contributed by atoms with van der Waals surface area (Å²) >= 11 is 11.3. The highest BCUT2D eigenvalue weighted by molar-refractivity contribution is 6.33. The van der Waals surface area contributed by atoms with E-state index < -0.39 is 5.97 Å². The standard InChI is InChI=1S/C10H11Cl2NO2.C3H6O/c1-13-10-7(3-2-4-8(10)12)6-15-9(14)5-11;1-2-3-4/h2-4,13H,5-6H2,1H3;3H,2H2,1H3. The molecule has 1 aromatic rings. The molecule has 0 unspecified atom stereocenters. The van der Waals surface area contributed by atoms with E-state index in [-0.39, 0.29) is 12.5 Å². The fourth-order valence-corrected chi connectivity index (χ4v) is 1.53. The molecule has 0 radical (unpaired) electrons. The lowest BCUT2D eigenvalue weighted by Gasteiger charge is -2.10. The third-order valence-electron chi connectivity index (χ3n) is 2.01. The third kappa shape index (κ3) is 7.03. The molecule has 0 saturated heterocycles. The Hall–Kier alpha value is -1.26. The van der Waals surface area contributed by atoms with Gasteiger partial charge in [-0.1, -0.05) is 30.7 Å². The predicted molar refractivity (Wildman–Crippen MR) is 77.9 cm³/mol. The minimum absolute atomic E-state index is 0.143. The topological polar surface area (TPSA) is 55.4 Å². The van der Waals surface area contributed by atoms with Crippen LogP contribution in [0.5, 0.6) is 0 Å². The number of carbonyl (C=O) groups is 2. The molecule has 0 saturated carbocycles. The number of rotatable bonds is 5. The number of carbonyl (C=O) groups excluding carboxylic acids is 2. The summed E-state index contributed by atoms with van der Waals surface area (Å²) in [5.41, 5.74) is 1.59. The lowest BCUT2D eigenvalue weighted by atomic mass is 10.2. The monoisotopic (exact) mass is 305 g/mol. The van der Waals surface area contributed by atoms with E-state index in [0.29, 0.717) is 11.4 Å². The van der Waals surface area contributed by atoms with Gasteiger partial charge in [-0.25, -0.2) is 0 Å². The first-order chi connectivity index (χ1) is 9.10. The molecular formula is C13H17Cl2NO3. The van der Waals surface area contributed by atoms with Crippen LogP contribution in [0.25, 0.3) is 0 Å². The van der Waals surface area contributed by atoms with Gasteiger partial charge in [0.2, 0.25) is 0 Å². The Bertz CT molecular complexity index is 411. The highest BCUT2D eigenvalue weighted by Crippen LogP contribution is 2.25. The Morgan fingerprint density at radius 3 is 2.58 bits per heavy atom. The lowest BCUT2D eigenvalue weighted by Crippen LogP contribution is -2.07. The van der Waals surface area contributed by atoms with Crippen molar-refractivity contribution in [3.05, 3.63) is 28.8 Å². The molecule has 0 spiro atoms. The van der Waals surface area contributed by atoms with Gasteiger partial charge in [0.05, 0.1) is 10.7 Å². The van der Waals surface area contributed by atoms with Crippen LogP contribution in [0.3, 0.4) is 0 Å². The Morgan fingerprint density at radius 2 is 2.11 bits per heavy atom. The zero-order valence-corrected chi connectivity index (χ0v) is 12.4. The van der Waals surface area contributed by atoms with E-state index in [9.17, 15) is 9.59 Å². The number of alkyl halides is 1. The predicted octanol–water partition coefficient (Wildman–Crippen LogP) is 3.26. The molecule has 6 heteroatoms. The van der Waals surface area contributed by atoms with Crippen molar-refractivity contribution < 1.29 is 14.3 Å². The molecule has 0 aliphatic carbocycles. The molecule has 0 aliphatic heterocycles. The molecule has 0 bridgehead atoms. The second kappa shape index (κ2) is 10.6. The van der Waals surface area contributed by atoms with Gasteiger partial charge in [-0.15, -0.1) is 11.6 Å². The van der Waals surface area contributed by atoms with Crippen LogP contribution < -0.4 is 5.32 Å². The van der Waals surface area contributed by atoms with Crippen LogP contribution in [0.15, 0.2) is 18.2 Å².